The van der Waals surface area contributed by atoms with E-state index in [0.717, 1.165) is 11.3 Å². The van der Waals surface area contributed by atoms with Crippen LogP contribution < -0.4 is 10.6 Å². The van der Waals surface area contributed by atoms with Crippen LogP contribution in [0.25, 0.3) is 0 Å². The number of ether oxygens (including phenoxy) is 1. The van der Waals surface area contributed by atoms with Gasteiger partial charge in [0.15, 0.2) is 0 Å². The molecule has 0 saturated heterocycles. The molecule has 0 aliphatic heterocycles. The van der Waals surface area contributed by atoms with Crippen molar-refractivity contribution in [3.63, 3.8) is 0 Å². The first kappa shape index (κ1) is 11.5. The van der Waals surface area contributed by atoms with Gasteiger partial charge in [0.2, 0.25) is 0 Å². The van der Waals surface area contributed by atoms with E-state index in [2.05, 4.69) is 10.6 Å². The molecule has 2 N–H and O–H groups in total. The lowest BCUT2D eigenvalue weighted by molar-refractivity contribution is 0.168. The molecule has 1 aromatic carbocycles. The van der Waals surface area contributed by atoms with Gasteiger partial charge >= 0.3 is 6.09 Å². The molecular weight excluding hydrogens is 192 g/mol. The second-order valence-electron chi connectivity index (χ2n) is 3.03. The van der Waals surface area contributed by atoms with E-state index >= 15 is 0 Å². The molecule has 1 aromatic rings. The summed E-state index contributed by atoms with van der Waals surface area (Å²) in [5.41, 5.74) is 1.82. The zero-order valence-corrected chi connectivity index (χ0v) is 9.04. The molecule has 0 aliphatic rings. The fourth-order valence-corrected chi connectivity index (χ4v) is 1.26. The molecule has 0 spiro atoms. The molecule has 15 heavy (non-hydrogen) atoms. The van der Waals surface area contributed by atoms with Gasteiger partial charge in [-0.15, -0.1) is 0 Å². The fraction of sp³-hybridized carbons (Fsp3) is 0.364. The average Bonchev–Trinajstić information content (AvgIpc) is 2.21. The van der Waals surface area contributed by atoms with Crippen molar-refractivity contribution >= 4 is 11.8 Å². The van der Waals surface area contributed by atoms with Crippen LogP contribution in [0.4, 0.5) is 10.5 Å². The lowest BCUT2D eigenvalue weighted by atomic mass is 10.2. The van der Waals surface area contributed by atoms with Gasteiger partial charge in [0.25, 0.3) is 0 Å². The number of para-hydroxylation sites is 1. The zero-order valence-electron chi connectivity index (χ0n) is 9.04. The standard InChI is InChI=1S/C11H16N2O2/c1-3-15-11(14)13-10-7-5-4-6-9(10)8-12-2/h4-7,12H,3,8H2,1-2H3,(H,13,14). The zero-order chi connectivity index (χ0) is 11.1. The van der Waals surface area contributed by atoms with E-state index in [0.29, 0.717) is 13.2 Å². The Balaban J connectivity index is 2.70. The number of anilines is 1. The second kappa shape index (κ2) is 6.03. The molecule has 0 fully saturated rings. The molecule has 0 saturated carbocycles. The number of rotatable bonds is 4. The van der Waals surface area contributed by atoms with Crippen molar-refractivity contribution in [2.45, 2.75) is 13.5 Å². The molecule has 4 heteroatoms. The van der Waals surface area contributed by atoms with Gasteiger partial charge in [-0.2, -0.15) is 0 Å². The number of amides is 1. The number of hydrogen-bond donors (Lipinski definition) is 2. The first-order chi connectivity index (χ1) is 7.27. The highest BCUT2D eigenvalue weighted by molar-refractivity contribution is 5.85. The van der Waals surface area contributed by atoms with Crippen LogP contribution in [0, 0.1) is 0 Å². The number of carbonyl (C=O) groups excluding carboxylic acids is 1. The highest BCUT2D eigenvalue weighted by Crippen LogP contribution is 2.14. The summed E-state index contributed by atoms with van der Waals surface area (Å²) in [7, 11) is 1.86. The van der Waals surface area contributed by atoms with Crippen LogP contribution in [-0.2, 0) is 11.3 Å². The fourth-order valence-electron chi connectivity index (χ4n) is 1.26. The van der Waals surface area contributed by atoms with E-state index in [1.54, 1.807) is 6.92 Å². The maximum Gasteiger partial charge on any atom is 0.411 e. The highest BCUT2D eigenvalue weighted by atomic mass is 16.5. The predicted molar refractivity (Wildman–Crippen MR) is 59.9 cm³/mol. The highest BCUT2D eigenvalue weighted by Gasteiger charge is 2.05. The smallest absolute Gasteiger partial charge is 0.411 e. The lowest BCUT2D eigenvalue weighted by Crippen LogP contribution is -2.16. The minimum atomic E-state index is -0.416. The molecule has 0 unspecified atom stereocenters. The largest absolute Gasteiger partial charge is 0.450 e. The molecule has 1 amide bonds. The van der Waals surface area contributed by atoms with Crippen LogP contribution in [0.2, 0.25) is 0 Å². The van der Waals surface area contributed by atoms with Gasteiger partial charge in [0, 0.05) is 12.2 Å². The number of carbonyl (C=O) groups is 1. The molecule has 0 atom stereocenters. The van der Waals surface area contributed by atoms with Crippen LogP contribution in [0.15, 0.2) is 24.3 Å². The average molecular weight is 208 g/mol. The van der Waals surface area contributed by atoms with Gasteiger partial charge in [-0.25, -0.2) is 4.79 Å². The Morgan fingerprint density at radius 3 is 2.80 bits per heavy atom. The van der Waals surface area contributed by atoms with Crippen molar-refractivity contribution in [3.05, 3.63) is 29.8 Å². The number of benzene rings is 1. The van der Waals surface area contributed by atoms with E-state index in [9.17, 15) is 4.79 Å². The normalized spacial score (nSPS) is 9.73. The van der Waals surface area contributed by atoms with Crippen molar-refractivity contribution in [2.75, 3.05) is 19.0 Å². The van der Waals surface area contributed by atoms with Crippen molar-refractivity contribution in [1.82, 2.24) is 5.32 Å². The maximum absolute atomic E-state index is 11.2. The monoisotopic (exact) mass is 208 g/mol. The first-order valence-electron chi connectivity index (χ1n) is 4.94. The van der Waals surface area contributed by atoms with Gasteiger partial charge in [-0.3, -0.25) is 5.32 Å². The summed E-state index contributed by atoms with van der Waals surface area (Å²) < 4.78 is 4.81. The summed E-state index contributed by atoms with van der Waals surface area (Å²) in [6.07, 6.45) is -0.416. The maximum atomic E-state index is 11.2. The van der Waals surface area contributed by atoms with Gasteiger partial charge in [0.1, 0.15) is 0 Å². The van der Waals surface area contributed by atoms with Crippen molar-refractivity contribution in [1.29, 1.82) is 0 Å². The van der Waals surface area contributed by atoms with Crippen molar-refractivity contribution < 1.29 is 9.53 Å². The summed E-state index contributed by atoms with van der Waals surface area (Å²) in [6, 6.07) is 7.62. The molecule has 0 aliphatic carbocycles. The Kier molecular flexibility index (Phi) is 4.63. The molecule has 0 heterocycles. The Hall–Kier alpha value is -1.55. The van der Waals surface area contributed by atoms with Crippen molar-refractivity contribution in [2.24, 2.45) is 0 Å². The van der Waals surface area contributed by atoms with Gasteiger partial charge in [0.05, 0.1) is 6.61 Å². The quantitative estimate of drug-likeness (QED) is 0.795. The molecule has 4 nitrogen and oxygen atoms in total. The summed E-state index contributed by atoms with van der Waals surface area (Å²) in [6.45, 7) is 2.86. The van der Waals surface area contributed by atoms with E-state index < -0.39 is 6.09 Å². The number of hydrogen-bond acceptors (Lipinski definition) is 3. The molecular formula is C11H16N2O2. The molecule has 0 aromatic heterocycles. The minimum absolute atomic E-state index is 0.375. The van der Waals surface area contributed by atoms with Crippen LogP contribution in [-0.4, -0.2) is 19.7 Å². The van der Waals surface area contributed by atoms with E-state index in [1.807, 2.05) is 31.3 Å². The topological polar surface area (TPSA) is 50.4 Å². The third-order valence-corrected chi connectivity index (χ3v) is 1.90. The number of nitrogens with one attached hydrogen (secondary N) is 2. The lowest BCUT2D eigenvalue weighted by Gasteiger charge is -2.10. The molecule has 1 rings (SSSR count). The van der Waals surface area contributed by atoms with E-state index in [-0.39, 0.29) is 0 Å². The molecule has 82 valence electrons. The third-order valence-electron chi connectivity index (χ3n) is 1.90. The Labute approximate surface area is 89.6 Å². The second-order valence-corrected chi connectivity index (χ2v) is 3.03. The summed E-state index contributed by atoms with van der Waals surface area (Å²) in [5, 5.41) is 5.73. The van der Waals surface area contributed by atoms with Crippen LogP contribution in [0.1, 0.15) is 12.5 Å². The summed E-state index contributed by atoms with van der Waals surface area (Å²) >= 11 is 0. The van der Waals surface area contributed by atoms with Crippen LogP contribution in [0.5, 0.6) is 0 Å². The Morgan fingerprint density at radius 1 is 1.40 bits per heavy atom. The SMILES string of the molecule is CCOC(=O)Nc1ccccc1CNC. The first-order valence-corrected chi connectivity index (χ1v) is 4.94. The van der Waals surface area contributed by atoms with Crippen LogP contribution >= 0.6 is 0 Å². The predicted octanol–water partition coefficient (Wildman–Crippen LogP) is 1.97. The summed E-state index contributed by atoms with van der Waals surface area (Å²) in [4.78, 5) is 11.2. The van der Waals surface area contributed by atoms with Crippen LogP contribution in [0.3, 0.4) is 0 Å². The van der Waals surface area contributed by atoms with Gasteiger partial charge in [-0.1, -0.05) is 18.2 Å². The molecule has 0 radical (unpaired) electrons. The van der Waals surface area contributed by atoms with Gasteiger partial charge < -0.3 is 10.1 Å². The molecule has 0 bridgehead atoms. The van der Waals surface area contributed by atoms with E-state index in [1.165, 1.54) is 0 Å². The Bertz CT molecular complexity index is 326. The minimum Gasteiger partial charge on any atom is -0.450 e. The summed E-state index contributed by atoms with van der Waals surface area (Å²) in [5.74, 6) is 0. The van der Waals surface area contributed by atoms with Crippen molar-refractivity contribution in [3.8, 4) is 0 Å². The van der Waals surface area contributed by atoms with E-state index in [4.69, 9.17) is 4.74 Å². The van der Waals surface area contributed by atoms with Gasteiger partial charge in [-0.05, 0) is 25.6 Å². The Morgan fingerprint density at radius 2 is 2.13 bits per heavy atom. The third kappa shape index (κ3) is 3.59.